The molecule has 5 heteroatoms. The molecule has 1 aliphatic heterocycles. The summed E-state index contributed by atoms with van der Waals surface area (Å²) in [6.07, 6.45) is 0.237. The first kappa shape index (κ1) is 14.7. The maximum Gasteiger partial charge on any atom is 0.233 e. The molecule has 2 atom stereocenters. The normalized spacial score (nSPS) is 23.4. The van der Waals surface area contributed by atoms with E-state index in [0.29, 0.717) is 23.9 Å². The Morgan fingerprint density at radius 2 is 1.89 bits per heavy atom. The molecule has 1 aromatic carbocycles. The van der Waals surface area contributed by atoms with Crippen LogP contribution in [-0.2, 0) is 9.53 Å². The lowest BCUT2D eigenvalue weighted by Crippen LogP contribution is -2.48. The van der Waals surface area contributed by atoms with Gasteiger partial charge in [0.1, 0.15) is 0 Å². The highest BCUT2D eigenvalue weighted by Gasteiger charge is 2.25. The number of hydrogen-bond acceptors (Lipinski definition) is 3. The van der Waals surface area contributed by atoms with Gasteiger partial charge in [0.2, 0.25) is 5.91 Å². The molecule has 1 fully saturated rings. The molecule has 0 radical (unpaired) electrons. The number of amides is 1. The molecule has 0 aromatic heterocycles. The van der Waals surface area contributed by atoms with E-state index in [4.69, 9.17) is 16.3 Å². The van der Waals surface area contributed by atoms with Crippen LogP contribution in [-0.4, -0.2) is 41.9 Å². The standard InChI is InChI=1S/C14H18ClNO2S/c1-10-7-16(8-11(2)18-10)14(17)9-19-13-5-3-12(15)4-6-13/h3-6,10-11H,7-9H2,1-2H3/t10-,11-/m0/s1. The lowest BCUT2D eigenvalue weighted by Gasteiger charge is -2.35. The molecule has 104 valence electrons. The van der Waals surface area contributed by atoms with E-state index in [1.807, 2.05) is 43.0 Å². The maximum absolute atomic E-state index is 12.2. The van der Waals surface area contributed by atoms with Gasteiger partial charge in [-0.1, -0.05) is 11.6 Å². The minimum atomic E-state index is 0.119. The first-order valence-corrected chi connectivity index (χ1v) is 7.72. The fraction of sp³-hybridized carbons (Fsp3) is 0.500. The molecule has 2 rings (SSSR count). The third kappa shape index (κ3) is 4.41. The Kier molecular flexibility index (Phi) is 5.13. The van der Waals surface area contributed by atoms with Crippen LogP contribution in [0.25, 0.3) is 0 Å². The van der Waals surface area contributed by atoms with E-state index in [-0.39, 0.29) is 18.1 Å². The third-order valence-corrected chi connectivity index (χ3v) is 4.20. The molecule has 0 unspecified atom stereocenters. The molecule has 1 heterocycles. The van der Waals surface area contributed by atoms with Gasteiger partial charge in [-0.25, -0.2) is 0 Å². The predicted octanol–water partition coefficient (Wildman–Crippen LogP) is 3.07. The van der Waals surface area contributed by atoms with Gasteiger partial charge in [0.15, 0.2) is 0 Å². The van der Waals surface area contributed by atoms with Gasteiger partial charge in [-0.05, 0) is 38.1 Å². The summed E-state index contributed by atoms with van der Waals surface area (Å²) in [4.78, 5) is 15.1. The predicted molar refractivity (Wildman–Crippen MR) is 78.8 cm³/mol. The molecular formula is C14H18ClNO2S. The number of benzene rings is 1. The fourth-order valence-corrected chi connectivity index (χ4v) is 3.08. The van der Waals surface area contributed by atoms with Gasteiger partial charge in [-0.15, -0.1) is 11.8 Å². The topological polar surface area (TPSA) is 29.5 Å². The SMILES string of the molecule is C[C@H]1CN(C(=O)CSc2ccc(Cl)cc2)C[C@H](C)O1. The molecule has 3 nitrogen and oxygen atoms in total. The summed E-state index contributed by atoms with van der Waals surface area (Å²) in [5.41, 5.74) is 0. The molecule has 0 aliphatic carbocycles. The van der Waals surface area contributed by atoms with Crippen molar-refractivity contribution in [3.63, 3.8) is 0 Å². The third-order valence-electron chi connectivity index (χ3n) is 2.95. The van der Waals surface area contributed by atoms with Crippen LogP contribution in [0.1, 0.15) is 13.8 Å². The van der Waals surface area contributed by atoms with E-state index >= 15 is 0 Å². The smallest absolute Gasteiger partial charge is 0.233 e. The number of thioether (sulfide) groups is 1. The summed E-state index contributed by atoms with van der Waals surface area (Å²) in [7, 11) is 0. The summed E-state index contributed by atoms with van der Waals surface area (Å²) in [5.74, 6) is 0.628. The second kappa shape index (κ2) is 6.64. The Hall–Kier alpha value is -0.710. The second-order valence-corrected chi connectivity index (χ2v) is 6.28. The Bertz CT molecular complexity index is 428. The van der Waals surface area contributed by atoms with Crippen molar-refractivity contribution in [2.45, 2.75) is 31.0 Å². The molecule has 0 N–H and O–H groups in total. The molecular weight excluding hydrogens is 282 g/mol. The number of hydrogen-bond donors (Lipinski definition) is 0. The van der Waals surface area contributed by atoms with Crippen molar-refractivity contribution in [3.05, 3.63) is 29.3 Å². The lowest BCUT2D eigenvalue weighted by atomic mass is 10.2. The van der Waals surface area contributed by atoms with Gasteiger partial charge in [-0.3, -0.25) is 4.79 Å². The van der Waals surface area contributed by atoms with Gasteiger partial charge >= 0.3 is 0 Å². The fourth-order valence-electron chi connectivity index (χ4n) is 2.15. The highest BCUT2D eigenvalue weighted by molar-refractivity contribution is 8.00. The molecule has 0 spiro atoms. The van der Waals surface area contributed by atoms with Gasteiger partial charge < -0.3 is 9.64 Å². The molecule has 1 aromatic rings. The van der Waals surface area contributed by atoms with E-state index in [2.05, 4.69) is 0 Å². The van der Waals surface area contributed by atoms with Crippen LogP contribution in [0.15, 0.2) is 29.2 Å². The Labute approximate surface area is 123 Å². The molecule has 0 bridgehead atoms. The average Bonchev–Trinajstić information content (AvgIpc) is 2.36. The Morgan fingerprint density at radius 3 is 2.47 bits per heavy atom. The molecule has 1 aliphatic rings. The van der Waals surface area contributed by atoms with Crippen molar-refractivity contribution in [2.75, 3.05) is 18.8 Å². The minimum Gasteiger partial charge on any atom is -0.372 e. The lowest BCUT2D eigenvalue weighted by molar-refractivity contribution is -0.140. The summed E-state index contributed by atoms with van der Waals surface area (Å²) in [5, 5.41) is 0.714. The largest absolute Gasteiger partial charge is 0.372 e. The van der Waals surface area contributed by atoms with Crippen LogP contribution < -0.4 is 0 Å². The zero-order chi connectivity index (χ0) is 13.8. The molecule has 0 saturated carbocycles. The Morgan fingerprint density at radius 1 is 1.32 bits per heavy atom. The highest BCUT2D eigenvalue weighted by atomic mass is 35.5. The quantitative estimate of drug-likeness (QED) is 0.803. The van der Waals surface area contributed by atoms with Gasteiger partial charge in [0, 0.05) is 23.0 Å². The number of carbonyl (C=O) groups is 1. The van der Waals surface area contributed by atoms with Gasteiger partial charge in [0.25, 0.3) is 0 Å². The van der Waals surface area contributed by atoms with E-state index in [1.165, 1.54) is 0 Å². The number of nitrogens with zero attached hydrogens (tertiary/aromatic N) is 1. The van der Waals surface area contributed by atoms with Crippen LogP contribution in [0.2, 0.25) is 5.02 Å². The zero-order valence-electron chi connectivity index (χ0n) is 11.1. The number of carbonyl (C=O) groups excluding carboxylic acids is 1. The summed E-state index contributed by atoms with van der Waals surface area (Å²) >= 11 is 7.37. The van der Waals surface area contributed by atoms with Crippen molar-refractivity contribution in [1.29, 1.82) is 0 Å². The van der Waals surface area contributed by atoms with Gasteiger partial charge in [-0.2, -0.15) is 0 Å². The van der Waals surface area contributed by atoms with Crippen molar-refractivity contribution < 1.29 is 9.53 Å². The average molecular weight is 300 g/mol. The summed E-state index contributed by atoms with van der Waals surface area (Å²) in [6.45, 7) is 5.37. The molecule has 1 amide bonds. The Balaban J connectivity index is 1.85. The number of ether oxygens (including phenoxy) is 1. The monoisotopic (exact) mass is 299 g/mol. The van der Waals surface area contributed by atoms with Crippen molar-refractivity contribution in [1.82, 2.24) is 4.90 Å². The van der Waals surface area contributed by atoms with E-state index in [9.17, 15) is 4.79 Å². The zero-order valence-corrected chi connectivity index (χ0v) is 12.7. The van der Waals surface area contributed by atoms with Crippen LogP contribution in [0.5, 0.6) is 0 Å². The van der Waals surface area contributed by atoms with Crippen LogP contribution >= 0.6 is 23.4 Å². The summed E-state index contributed by atoms with van der Waals surface area (Å²) in [6, 6.07) is 7.55. The summed E-state index contributed by atoms with van der Waals surface area (Å²) < 4.78 is 5.63. The first-order valence-electron chi connectivity index (χ1n) is 6.36. The van der Waals surface area contributed by atoms with Crippen molar-refractivity contribution in [2.24, 2.45) is 0 Å². The first-order chi connectivity index (χ1) is 9.04. The van der Waals surface area contributed by atoms with Crippen LogP contribution in [0.4, 0.5) is 0 Å². The second-order valence-electron chi connectivity index (χ2n) is 4.80. The highest BCUT2D eigenvalue weighted by Crippen LogP contribution is 2.21. The van der Waals surface area contributed by atoms with Crippen LogP contribution in [0.3, 0.4) is 0 Å². The minimum absolute atomic E-state index is 0.119. The van der Waals surface area contributed by atoms with Gasteiger partial charge in [0.05, 0.1) is 18.0 Å². The molecule has 1 saturated heterocycles. The van der Waals surface area contributed by atoms with E-state index in [1.54, 1.807) is 11.8 Å². The van der Waals surface area contributed by atoms with E-state index < -0.39 is 0 Å². The van der Waals surface area contributed by atoms with Crippen molar-refractivity contribution >= 4 is 29.3 Å². The number of halogens is 1. The van der Waals surface area contributed by atoms with Crippen LogP contribution in [0, 0.1) is 0 Å². The van der Waals surface area contributed by atoms with E-state index in [0.717, 1.165) is 4.90 Å². The molecule has 19 heavy (non-hydrogen) atoms. The number of rotatable bonds is 3. The van der Waals surface area contributed by atoms with Crippen molar-refractivity contribution in [3.8, 4) is 0 Å². The number of morpholine rings is 1. The maximum atomic E-state index is 12.2.